The van der Waals surface area contributed by atoms with Gasteiger partial charge in [0.1, 0.15) is 0 Å². The molecule has 20 heavy (non-hydrogen) atoms. The van der Waals surface area contributed by atoms with Crippen molar-refractivity contribution >= 4 is 29.3 Å². The third-order valence-corrected chi connectivity index (χ3v) is 3.95. The first-order valence-electron chi connectivity index (χ1n) is 6.35. The molecular formula is C14H20ClNO3S. The molecule has 0 atom stereocenters. The summed E-state index contributed by atoms with van der Waals surface area (Å²) in [6, 6.07) is 5.80. The molecule has 0 amide bonds. The summed E-state index contributed by atoms with van der Waals surface area (Å²) in [5.41, 5.74) is 1.17. The molecule has 0 heterocycles. The molecular weight excluding hydrogens is 298 g/mol. The minimum atomic E-state index is -0.195. The molecule has 1 N–H and O–H groups in total. The van der Waals surface area contributed by atoms with Crippen LogP contribution in [0.15, 0.2) is 23.1 Å². The van der Waals surface area contributed by atoms with Crippen LogP contribution in [-0.2, 0) is 20.8 Å². The van der Waals surface area contributed by atoms with Gasteiger partial charge in [-0.25, -0.2) is 0 Å². The molecule has 0 aliphatic heterocycles. The summed E-state index contributed by atoms with van der Waals surface area (Å²) in [5, 5.41) is 4.00. The fourth-order valence-corrected chi connectivity index (χ4v) is 2.81. The fourth-order valence-electron chi connectivity index (χ4n) is 1.55. The van der Waals surface area contributed by atoms with Crippen LogP contribution in [0.4, 0.5) is 0 Å². The van der Waals surface area contributed by atoms with Crippen molar-refractivity contribution in [1.82, 2.24) is 5.32 Å². The van der Waals surface area contributed by atoms with E-state index in [2.05, 4.69) is 10.1 Å². The van der Waals surface area contributed by atoms with E-state index in [0.717, 1.165) is 18.0 Å². The van der Waals surface area contributed by atoms with Crippen LogP contribution in [0.5, 0.6) is 0 Å². The van der Waals surface area contributed by atoms with Crippen molar-refractivity contribution < 1.29 is 14.3 Å². The molecule has 6 heteroatoms. The third-order valence-electron chi connectivity index (χ3n) is 2.62. The summed E-state index contributed by atoms with van der Waals surface area (Å²) in [4.78, 5) is 12.2. The Balaban J connectivity index is 2.53. The van der Waals surface area contributed by atoms with E-state index in [1.54, 1.807) is 18.9 Å². The van der Waals surface area contributed by atoms with E-state index >= 15 is 0 Å². The number of thioether (sulfide) groups is 1. The highest BCUT2D eigenvalue weighted by molar-refractivity contribution is 7.99. The Morgan fingerprint density at radius 1 is 1.40 bits per heavy atom. The molecule has 0 aliphatic carbocycles. The topological polar surface area (TPSA) is 47.6 Å². The molecule has 0 aliphatic rings. The van der Waals surface area contributed by atoms with Crippen molar-refractivity contribution in [2.75, 3.05) is 33.1 Å². The van der Waals surface area contributed by atoms with Crippen LogP contribution < -0.4 is 5.32 Å². The van der Waals surface area contributed by atoms with Gasteiger partial charge in [-0.2, -0.15) is 0 Å². The van der Waals surface area contributed by atoms with E-state index in [0.29, 0.717) is 23.8 Å². The smallest absolute Gasteiger partial charge is 0.306 e. The third kappa shape index (κ3) is 6.61. The predicted molar refractivity (Wildman–Crippen MR) is 82.4 cm³/mol. The minimum absolute atomic E-state index is 0.195. The van der Waals surface area contributed by atoms with Crippen molar-refractivity contribution in [3.8, 4) is 0 Å². The molecule has 0 spiro atoms. The Kier molecular flexibility index (Phi) is 8.69. The highest BCUT2D eigenvalue weighted by Crippen LogP contribution is 2.27. The monoisotopic (exact) mass is 317 g/mol. The minimum Gasteiger partial charge on any atom is -0.469 e. The first-order chi connectivity index (χ1) is 9.67. The van der Waals surface area contributed by atoms with E-state index in [4.69, 9.17) is 16.3 Å². The molecule has 0 radical (unpaired) electrons. The maximum atomic E-state index is 11.1. The lowest BCUT2D eigenvalue weighted by Crippen LogP contribution is -2.18. The fraction of sp³-hybridized carbons (Fsp3) is 0.500. The molecule has 0 aromatic heterocycles. The number of hydrogen-bond acceptors (Lipinski definition) is 5. The quantitative estimate of drug-likeness (QED) is 0.431. The second-order valence-electron chi connectivity index (χ2n) is 4.10. The average Bonchev–Trinajstić information content (AvgIpc) is 2.45. The highest BCUT2D eigenvalue weighted by atomic mass is 35.5. The number of hydrogen-bond donors (Lipinski definition) is 1. The van der Waals surface area contributed by atoms with Crippen molar-refractivity contribution in [2.24, 2.45) is 0 Å². The Morgan fingerprint density at radius 2 is 2.20 bits per heavy atom. The Labute approximate surface area is 129 Å². The van der Waals surface area contributed by atoms with Crippen LogP contribution >= 0.6 is 23.4 Å². The van der Waals surface area contributed by atoms with Gasteiger partial charge in [0.25, 0.3) is 0 Å². The van der Waals surface area contributed by atoms with E-state index in [9.17, 15) is 4.79 Å². The molecule has 112 valence electrons. The number of carbonyl (C=O) groups is 1. The summed E-state index contributed by atoms with van der Waals surface area (Å²) >= 11 is 7.64. The largest absolute Gasteiger partial charge is 0.469 e. The molecule has 1 aromatic rings. The van der Waals surface area contributed by atoms with E-state index in [1.165, 1.54) is 12.7 Å². The van der Waals surface area contributed by atoms with Gasteiger partial charge in [-0.15, -0.1) is 11.8 Å². The summed E-state index contributed by atoms with van der Waals surface area (Å²) in [5.74, 6) is 0.484. The molecule has 0 saturated carbocycles. The zero-order valence-electron chi connectivity index (χ0n) is 11.8. The average molecular weight is 318 g/mol. The highest BCUT2D eigenvalue weighted by Gasteiger charge is 2.06. The number of halogens is 1. The molecule has 4 nitrogen and oxygen atoms in total. The van der Waals surface area contributed by atoms with Gasteiger partial charge in [0.15, 0.2) is 0 Å². The molecule has 0 unspecified atom stereocenters. The van der Waals surface area contributed by atoms with Crippen molar-refractivity contribution in [3.63, 3.8) is 0 Å². The van der Waals surface area contributed by atoms with E-state index < -0.39 is 0 Å². The molecule has 0 bridgehead atoms. The van der Waals surface area contributed by atoms with Crippen molar-refractivity contribution in [2.45, 2.75) is 17.9 Å². The standard InChI is InChI=1S/C14H20ClNO3S/c1-18-7-6-16-10-11-3-4-12(15)9-13(11)20-8-5-14(17)19-2/h3-4,9,16H,5-8,10H2,1-2H3. The number of carbonyl (C=O) groups excluding carboxylic acids is 1. The van der Waals surface area contributed by atoms with Gasteiger partial charge in [-0.3, -0.25) is 4.79 Å². The van der Waals surface area contributed by atoms with Crippen molar-refractivity contribution in [1.29, 1.82) is 0 Å². The van der Waals surface area contributed by atoms with E-state index in [-0.39, 0.29) is 5.97 Å². The first kappa shape index (κ1) is 17.3. The lowest BCUT2D eigenvalue weighted by Gasteiger charge is -2.10. The summed E-state index contributed by atoms with van der Waals surface area (Å²) < 4.78 is 9.62. The van der Waals surface area contributed by atoms with Gasteiger partial charge in [0.05, 0.1) is 20.1 Å². The van der Waals surface area contributed by atoms with Crippen LogP contribution in [0.1, 0.15) is 12.0 Å². The summed E-state index contributed by atoms with van der Waals surface area (Å²) in [6.45, 7) is 2.23. The second-order valence-corrected chi connectivity index (χ2v) is 5.67. The van der Waals surface area contributed by atoms with Crippen LogP contribution in [0.2, 0.25) is 5.02 Å². The Bertz CT molecular complexity index is 429. The van der Waals surface area contributed by atoms with Gasteiger partial charge in [-0.05, 0) is 17.7 Å². The second kappa shape index (κ2) is 10.0. The number of esters is 1. The molecule has 0 fully saturated rings. The van der Waals surface area contributed by atoms with E-state index in [1.807, 2.05) is 18.2 Å². The molecule has 1 aromatic carbocycles. The van der Waals surface area contributed by atoms with Crippen LogP contribution in [-0.4, -0.2) is 39.1 Å². The zero-order chi connectivity index (χ0) is 14.8. The van der Waals surface area contributed by atoms with Gasteiger partial charge in [0.2, 0.25) is 0 Å². The Morgan fingerprint density at radius 3 is 2.90 bits per heavy atom. The number of rotatable bonds is 9. The lowest BCUT2D eigenvalue weighted by molar-refractivity contribution is -0.140. The van der Waals surface area contributed by atoms with Gasteiger partial charge >= 0.3 is 5.97 Å². The van der Waals surface area contributed by atoms with Crippen LogP contribution in [0, 0.1) is 0 Å². The zero-order valence-corrected chi connectivity index (χ0v) is 13.4. The predicted octanol–water partition coefficient (Wildman–Crippen LogP) is 2.73. The van der Waals surface area contributed by atoms with Gasteiger partial charge in [-0.1, -0.05) is 17.7 Å². The summed E-state index contributed by atoms with van der Waals surface area (Å²) in [6.07, 6.45) is 0.393. The van der Waals surface area contributed by atoms with Gasteiger partial charge < -0.3 is 14.8 Å². The number of nitrogens with one attached hydrogen (secondary N) is 1. The maximum absolute atomic E-state index is 11.1. The number of ether oxygens (including phenoxy) is 2. The maximum Gasteiger partial charge on any atom is 0.306 e. The molecule has 0 saturated heterocycles. The number of benzene rings is 1. The first-order valence-corrected chi connectivity index (χ1v) is 7.71. The molecule has 1 rings (SSSR count). The van der Waals surface area contributed by atoms with Crippen LogP contribution in [0.25, 0.3) is 0 Å². The van der Waals surface area contributed by atoms with Crippen molar-refractivity contribution in [3.05, 3.63) is 28.8 Å². The normalized spacial score (nSPS) is 10.6. The summed E-state index contributed by atoms with van der Waals surface area (Å²) in [7, 11) is 3.08. The van der Waals surface area contributed by atoms with Crippen LogP contribution in [0.3, 0.4) is 0 Å². The Hall–Kier alpha value is -0.750. The van der Waals surface area contributed by atoms with Gasteiger partial charge in [0, 0.05) is 35.9 Å². The number of methoxy groups -OCH3 is 2. The lowest BCUT2D eigenvalue weighted by atomic mass is 10.2. The SMILES string of the molecule is COCCNCc1ccc(Cl)cc1SCCC(=O)OC.